The molecule has 14 nitrogen and oxygen atoms in total. The normalized spacial score (nSPS) is 11.0. The van der Waals surface area contributed by atoms with E-state index in [9.17, 15) is 33.6 Å². The number of terminal acetylenes is 1. The van der Waals surface area contributed by atoms with Gasteiger partial charge in [0.05, 0.1) is 0 Å². The fourth-order valence-corrected chi connectivity index (χ4v) is 3.69. The highest BCUT2D eigenvalue weighted by molar-refractivity contribution is 5.82. The van der Waals surface area contributed by atoms with E-state index in [1.807, 2.05) is 0 Å². The number of carbonyl (C=O) groups is 7. The molecule has 0 saturated heterocycles. The van der Waals surface area contributed by atoms with Crippen LogP contribution in [0.25, 0.3) is 0 Å². The Morgan fingerprint density at radius 1 is 0.462 bits per heavy atom. The molecule has 14 heteroatoms. The Balaban J connectivity index is 6.17. The van der Waals surface area contributed by atoms with E-state index in [4.69, 9.17) is 39.6 Å². The molecule has 0 fully saturated rings. The molecule has 0 aromatic heterocycles. The van der Waals surface area contributed by atoms with Crippen molar-refractivity contribution < 1.29 is 66.7 Å². The molecule has 0 saturated carbocycles. The van der Waals surface area contributed by atoms with Crippen LogP contribution in [-0.2, 0) is 66.7 Å². The SMILES string of the molecule is C#CCOC(=O)C(C)(COC(=O)C(C)(COC(=O)CCC=C)COC(=O)CCC=C)COC(=O)C(C)(COC(=O)CCC=C)COC(=O)CCC=C. The summed E-state index contributed by atoms with van der Waals surface area (Å²) in [5, 5.41) is 0. The molecule has 0 atom stereocenters. The molecule has 0 bridgehead atoms. The molecular formula is C38H52O14. The largest absolute Gasteiger partial charge is 0.464 e. The van der Waals surface area contributed by atoms with Gasteiger partial charge in [0, 0.05) is 25.7 Å². The Morgan fingerprint density at radius 2 is 0.692 bits per heavy atom. The van der Waals surface area contributed by atoms with E-state index in [1.165, 1.54) is 45.1 Å². The first-order chi connectivity index (χ1) is 24.6. The van der Waals surface area contributed by atoms with Crippen molar-refractivity contribution in [1.82, 2.24) is 0 Å². The van der Waals surface area contributed by atoms with E-state index >= 15 is 0 Å². The molecule has 0 rings (SSSR count). The summed E-state index contributed by atoms with van der Waals surface area (Å²) in [5.41, 5.74) is -5.32. The number of rotatable bonds is 28. The van der Waals surface area contributed by atoms with Gasteiger partial charge in [-0.05, 0) is 46.5 Å². The minimum absolute atomic E-state index is 0.0147. The van der Waals surface area contributed by atoms with Gasteiger partial charge in [-0.1, -0.05) is 30.2 Å². The van der Waals surface area contributed by atoms with E-state index in [1.54, 1.807) is 0 Å². The standard InChI is InChI=1S/C38H52O14/c1-9-14-18-29(39)47-23-36(6,24-48-30(40)19-15-10-2)34(44)51-27-38(8,33(43)46-22-13-5)28-52-35(45)37(7,25-49-31(41)20-16-11-3)26-50-32(42)21-17-12-4/h5,9-12H,1-4,14-28H2,6-8H3. The molecule has 0 spiro atoms. The quantitative estimate of drug-likeness (QED) is 0.0480. The smallest absolute Gasteiger partial charge is 0.319 e. The Morgan fingerprint density at radius 3 is 0.923 bits per heavy atom. The van der Waals surface area contributed by atoms with Gasteiger partial charge in [0.2, 0.25) is 0 Å². The van der Waals surface area contributed by atoms with Crippen molar-refractivity contribution in [2.24, 2.45) is 16.2 Å². The molecule has 0 aromatic rings. The first-order valence-corrected chi connectivity index (χ1v) is 16.6. The van der Waals surface area contributed by atoms with Crippen molar-refractivity contribution in [2.45, 2.75) is 72.1 Å². The Bertz CT molecular complexity index is 1180. The van der Waals surface area contributed by atoms with Gasteiger partial charge < -0.3 is 33.2 Å². The zero-order chi connectivity index (χ0) is 39.6. The number of ether oxygens (including phenoxy) is 7. The minimum atomic E-state index is -1.87. The second-order valence-electron chi connectivity index (χ2n) is 12.6. The third-order valence-electron chi connectivity index (χ3n) is 7.23. The van der Waals surface area contributed by atoms with Crippen LogP contribution in [0.2, 0.25) is 0 Å². The second-order valence-corrected chi connectivity index (χ2v) is 12.6. The summed E-state index contributed by atoms with van der Waals surface area (Å²) < 4.78 is 37.1. The van der Waals surface area contributed by atoms with Gasteiger partial charge in [-0.3, -0.25) is 33.6 Å². The topological polar surface area (TPSA) is 184 Å². The van der Waals surface area contributed by atoms with Gasteiger partial charge in [-0.2, -0.15) is 0 Å². The van der Waals surface area contributed by atoms with Crippen LogP contribution < -0.4 is 0 Å². The van der Waals surface area contributed by atoms with E-state index in [0.717, 1.165) is 0 Å². The molecule has 0 heterocycles. The van der Waals surface area contributed by atoms with Gasteiger partial charge >= 0.3 is 41.8 Å². The maximum atomic E-state index is 13.5. The first kappa shape index (κ1) is 46.8. The molecule has 0 amide bonds. The Kier molecular flexibility index (Phi) is 22.4. The molecule has 0 aliphatic rings. The average Bonchev–Trinajstić information content (AvgIpc) is 3.14. The van der Waals surface area contributed by atoms with Crippen LogP contribution in [0.3, 0.4) is 0 Å². The fourth-order valence-electron chi connectivity index (χ4n) is 3.69. The second kappa shape index (κ2) is 24.9. The Hall–Kier alpha value is -5.19. The van der Waals surface area contributed by atoms with E-state index < -0.39 is 104 Å². The van der Waals surface area contributed by atoms with Crippen LogP contribution in [-0.4, -0.2) is 88.0 Å². The van der Waals surface area contributed by atoms with Crippen LogP contribution in [0, 0.1) is 28.6 Å². The van der Waals surface area contributed by atoms with Crippen LogP contribution in [0.15, 0.2) is 50.6 Å². The summed E-state index contributed by atoms with van der Waals surface area (Å²) in [5.74, 6) is -3.50. The van der Waals surface area contributed by atoms with Gasteiger partial charge in [0.15, 0.2) is 6.61 Å². The highest BCUT2D eigenvalue weighted by atomic mass is 16.6. The molecule has 0 aliphatic heterocycles. The lowest BCUT2D eigenvalue weighted by Crippen LogP contribution is -2.46. The molecular weight excluding hydrogens is 680 g/mol. The molecule has 288 valence electrons. The van der Waals surface area contributed by atoms with Gasteiger partial charge in [0.1, 0.15) is 55.9 Å². The minimum Gasteiger partial charge on any atom is -0.464 e. The summed E-state index contributed by atoms with van der Waals surface area (Å²) >= 11 is 0. The lowest BCUT2D eigenvalue weighted by atomic mass is 9.90. The van der Waals surface area contributed by atoms with E-state index in [0.29, 0.717) is 25.7 Å². The van der Waals surface area contributed by atoms with Crippen molar-refractivity contribution in [3.63, 3.8) is 0 Å². The fraction of sp³-hybridized carbons (Fsp3) is 0.553. The third-order valence-corrected chi connectivity index (χ3v) is 7.23. The summed E-state index contributed by atoms with van der Waals surface area (Å²) in [6, 6.07) is 0. The lowest BCUT2D eigenvalue weighted by Gasteiger charge is -2.32. The predicted octanol–water partition coefficient (Wildman–Crippen LogP) is 4.31. The zero-order valence-electron chi connectivity index (χ0n) is 30.5. The molecule has 0 aromatic carbocycles. The Labute approximate surface area is 305 Å². The van der Waals surface area contributed by atoms with Crippen LogP contribution >= 0.6 is 0 Å². The third kappa shape index (κ3) is 18.2. The van der Waals surface area contributed by atoms with Crippen LogP contribution in [0.5, 0.6) is 0 Å². The number of hydrogen-bond acceptors (Lipinski definition) is 14. The average molecular weight is 733 g/mol. The van der Waals surface area contributed by atoms with Crippen molar-refractivity contribution in [1.29, 1.82) is 0 Å². The maximum Gasteiger partial charge on any atom is 0.319 e. The molecule has 0 radical (unpaired) electrons. The highest BCUT2D eigenvalue weighted by Crippen LogP contribution is 2.28. The highest BCUT2D eigenvalue weighted by Gasteiger charge is 2.45. The van der Waals surface area contributed by atoms with E-state index in [2.05, 4.69) is 32.2 Å². The van der Waals surface area contributed by atoms with E-state index in [-0.39, 0.29) is 25.7 Å². The molecule has 0 N–H and O–H groups in total. The number of allylic oxidation sites excluding steroid dienone is 4. The number of hydrogen-bond donors (Lipinski definition) is 0. The zero-order valence-corrected chi connectivity index (χ0v) is 30.5. The summed E-state index contributed by atoms with van der Waals surface area (Å²) in [6.45, 7) is 14.0. The molecule has 0 aliphatic carbocycles. The number of esters is 7. The maximum absolute atomic E-state index is 13.5. The summed E-state index contributed by atoms with van der Waals surface area (Å²) in [4.78, 5) is 89.1. The van der Waals surface area contributed by atoms with Crippen LogP contribution in [0.1, 0.15) is 72.1 Å². The van der Waals surface area contributed by atoms with Crippen molar-refractivity contribution in [3.05, 3.63) is 50.6 Å². The predicted molar refractivity (Wildman–Crippen MR) is 188 cm³/mol. The van der Waals surface area contributed by atoms with Crippen molar-refractivity contribution >= 4 is 41.8 Å². The first-order valence-electron chi connectivity index (χ1n) is 16.6. The molecule has 0 unspecified atom stereocenters. The van der Waals surface area contributed by atoms with Gasteiger partial charge in [-0.15, -0.1) is 32.7 Å². The van der Waals surface area contributed by atoms with Crippen molar-refractivity contribution in [2.75, 3.05) is 46.2 Å². The summed E-state index contributed by atoms with van der Waals surface area (Å²) in [7, 11) is 0. The molecule has 52 heavy (non-hydrogen) atoms. The van der Waals surface area contributed by atoms with Gasteiger partial charge in [0.25, 0.3) is 0 Å². The van der Waals surface area contributed by atoms with Crippen molar-refractivity contribution in [3.8, 4) is 12.3 Å². The van der Waals surface area contributed by atoms with Crippen LogP contribution in [0.4, 0.5) is 0 Å². The monoisotopic (exact) mass is 732 g/mol. The lowest BCUT2D eigenvalue weighted by molar-refractivity contribution is -0.181. The van der Waals surface area contributed by atoms with Gasteiger partial charge in [-0.25, -0.2) is 0 Å². The summed E-state index contributed by atoms with van der Waals surface area (Å²) in [6.07, 6.45) is 12.5. The number of carbonyl (C=O) groups excluding carboxylic acids is 7.